The zero-order chi connectivity index (χ0) is 13.7. The summed E-state index contributed by atoms with van der Waals surface area (Å²) in [4.78, 5) is 17.2. The van der Waals surface area contributed by atoms with Gasteiger partial charge in [-0.05, 0) is 13.5 Å². The predicted octanol–water partition coefficient (Wildman–Crippen LogP) is 1.28. The first-order valence-electron chi connectivity index (χ1n) is 6.13. The molecule has 2 heterocycles. The van der Waals surface area contributed by atoms with E-state index in [-0.39, 0.29) is 6.04 Å². The van der Waals surface area contributed by atoms with E-state index >= 15 is 0 Å². The van der Waals surface area contributed by atoms with E-state index in [2.05, 4.69) is 25.3 Å². The molecule has 0 radical (unpaired) electrons. The van der Waals surface area contributed by atoms with Crippen molar-refractivity contribution >= 4 is 0 Å². The highest BCUT2D eigenvalue weighted by Crippen LogP contribution is 2.24. The third-order valence-corrected chi connectivity index (χ3v) is 2.66. The predicted molar refractivity (Wildman–Crippen MR) is 70.9 cm³/mol. The van der Waals surface area contributed by atoms with Gasteiger partial charge in [0.05, 0.1) is 30.7 Å². The maximum atomic E-state index is 5.26. The summed E-state index contributed by atoms with van der Waals surface area (Å²) in [6, 6.07) is -0.179. The van der Waals surface area contributed by atoms with Crippen LogP contribution in [0.1, 0.15) is 30.0 Å². The van der Waals surface area contributed by atoms with Crippen LogP contribution in [0, 0.1) is 6.92 Å². The van der Waals surface area contributed by atoms with Crippen LogP contribution in [0.25, 0.3) is 0 Å². The molecule has 1 N–H and O–H groups in total. The van der Waals surface area contributed by atoms with E-state index in [0.717, 1.165) is 17.9 Å². The van der Waals surface area contributed by atoms with Crippen molar-refractivity contribution in [3.8, 4) is 5.88 Å². The molecule has 0 aliphatic heterocycles. The molecule has 2 aromatic heterocycles. The maximum absolute atomic E-state index is 5.26. The third kappa shape index (κ3) is 3.03. The van der Waals surface area contributed by atoms with Crippen molar-refractivity contribution in [1.82, 2.24) is 25.3 Å². The van der Waals surface area contributed by atoms with E-state index in [4.69, 9.17) is 4.74 Å². The Kier molecular flexibility index (Phi) is 4.35. The van der Waals surface area contributed by atoms with Crippen molar-refractivity contribution < 1.29 is 4.74 Å². The molecule has 0 spiro atoms. The number of aromatic nitrogens is 4. The zero-order valence-electron chi connectivity index (χ0n) is 11.3. The normalized spacial score (nSPS) is 12.2. The van der Waals surface area contributed by atoms with Crippen LogP contribution in [0.4, 0.5) is 0 Å². The number of ether oxygens (including phenoxy) is 1. The quantitative estimate of drug-likeness (QED) is 0.872. The van der Waals surface area contributed by atoms with Crippen LogP contribution in [-0.4, -0.2) is 33.6 Å². The van der Waals surface area contributed by atoms with Gasteiger partial charge in [0.25, 0.3) is 0 Å². The van der Waals surface area contributed by atoms with Gasteiger partial charge in [0.15, 0.2) is 0 Å². The minimum atomic E-state index is -0.179. The molecule has 1 unspecified atom stereocenters. The molecule has 0 saturated carbocycles. The Morgan fingerprint density at radius 1 is 1.16 bits per heavy atom. The van der Waals surface area contributed by atoms with Gasteiger partial charge in [0, 0.05) is 18.6 Å². The van der Waals surface area contributed by atoms with Crippen molar-refractivity contribution in [2.24, 2.45) is 0 Å². The number of aryl methyl sites for hydroxylation is 1. The van der Waals surface area contributed by atoms with Crippen molar-refractivity contribution in [3.63, 3.8) is 0 Å². The third-order valence-electron chi connectivity index (χ3n) is 2.66. The van der Waals surface area contributed by atoms with Gasteiger partial charge in [0.2, 0.25) is 5.88 Å². The second-order valence-electron chi connectivity index (χ2n) is 4.02. The molecule has 100 valence electrons. The fraction of sp³-hybridized carbons (Fsp3) is 0.385. The van der Waals surface area contributed by atoms with Gasteiger partial charge in [-0.2, -0.15) is 0 Å². The van der Waals surface area contributed by atoms with Crippen LogP contribution in [0.3, 0.4) is 0 Å². The van der Waals surface area contributed by atoms with E-state index in [1.54, 1.807) is 31.9 Å². The number of nitrogens with zero attached hydrogens (tertiary/aromatic N) is 4. The first-order valence-corrected chi connectivity index (χ1v) is 6.13. The van der Waals surface area contributed by atoms with E-state index in [9.17, 15) is 0 Å². The van der Waals surface area contributed by atoms with Gasteiger partial charge in [0.1, 0.15) is 5.69 Å². The number of hydrogen-bond acceptors (Lipinski definition) is 6. The Labute approximate surface area is 112 Å². The van der Waals surface area contributed by atoms with Crippen LogP contribution in [0.2, 0.25) is 0 Å². The second kappa shape index (κ2) is 6.19. The maximum Gasteiger partial charge on any atom is 0.237 e. The number of nitrogens with one attached hydrogen (secondary N) is 1. The van der Waals surface area contributed by atoms with Gasteiger partial charge >= 0.3 is 0 Å². The number of methoxy groups -OCH3 is 1. The van der Waals surface area contributed by atoms with E-state index in [1.165, 1.54) is 0 Å². The van der Waals surface area contributed by atoms with Crippen LogP contribution in [0.5, 0.6) is 5.88 Å². The lowest BCUT2D eigenvalue weighted by Gasteiger charge is -2.18. The summed E-state index contributed by atoms with van der Waals surface area (Å²) >= 11 is 0. The van der Waals surface area contributed by atoms with Crippen molar-refractivity contribution in [3.05, 3.63) is 41.9 Å². The van der Waals surface area contributed by atoms with E-state index in [1.807, 2.05) is 13.8 Å². The van der Waals surface area contributed by atoms with Gasteiger partial charge in [-0.25, -0.2) is 4.98 Å². The van der Waals surface area contributed by atoms with Gasteiger partial charge in [-0.15, -0.1) is 0 Å². The number of rotatable bonds is 5. The average Bonchev–Trinajstić information content (AvgIpc) is 2.46. The largest absolute Gasteiger partial charge is 0.480 e. The van der Waals surface area contributed by atoms with Crippen molar-refractivity contribution in [2.75, 3.05) is 13.7 Å². The molecule has 0 bridgehead atoms. The molecular formula is C13H17N5O. The van der Waals surface area contributed by atoms with Crippen LogP contribution < -0.4 is 10.1 Å². The first-order chi connectivity index (χ1) is 9.26. The Morgan fingerprint density at radius 3 is 2.58 bits per heavy atom. The Bertz CT molecular complexity index is 529. The Morgan fingerprint density at radius 2 is 1.95 bits per heavy atom. The van der Waals surface area contributed by atoms with E-state index < -0.39 is 0 Å². The summed E-state index contributed by atoms with van der Waals surface area (Å²) in [5.74, 6) is 0.496. The summed E-state index contributed by atoms with van der Waals surface area (Å²) in [6.45, 7) is 4.71. The molecule has 0 aliphatic rings. The highest BCUT2D eigenvalue weighted by molar-refractivity contribution is 5.28. The molecule has 6 nitrogen and oxygen atoms in total. The molecule has 19 heavy (non-hydrogen) atoms. The van der Waals surface area contributed by atoms with Gasteiger partial charge in [-0.3, -0.25) is 15.0 Å². The Balaban J connectivity index is 2.42. The second-order valence-corrected chi connectivity index (χ2v) is 4.02. The lowest BCUT2D eigenvalue weighted by Crippen LogP contribution is -2.25. The summed E-state index contributed by atoms with van der Waals surface area (Å²) in [6.07, 6.45) is 6.73. The monoisotopic (exact) mass is 259 g/mol. The molecule has 6 heteroatoms. The molecule has 0 amide bonds. The standard InChI is InChI=1S/C13H17N5O/c1-4-14-11(10-8-17-9(2)7-18-10)12-13(19-3)16-6-5-15-12/h5-8,11,14H,4H2,1-3H3. The van der Waals surface area contributed by atoms with E-state index in [0.29, 0.717) is 11.6 Å². The molecule has 0 fully saturated rings. The number of hydrogen-bond donors (Lipinski definition) is 1. The molecule has 0 aromatic carbocycles. The molecular weight excluding hydrogens is 242 g/mol. The average molecular weight is 259 g/mol. The van der Waals surface area contributed by atoms with Gasteiger partial charge in [-0.1, -0.05) is 6.92 Å². The molecule has 1 atom stereocenters. The summed E-state index contributed by atoms with van der Waals surface area (Å²) in [5.41, 5.74) is 2.39. The van der Waals surface area contributed by atoms with Crippen molar-refractivity contribution in [2.45, 2.75) is 19.9 Å². The van der Waals surface area contributed by atoms with Crippen LogP contribution in [-0.2, 0) is 0 Å². The highest BCUT2D eigenvalue weighted by atomic mass is 16.5. The molecule has 2 rings (SSSR count). The molecule has 2 aromatic rings. The van der Waals surface area contributed by atoms with Crippen molar-refractivity contribution in [1.29, 1.82) is 0 Å². The Hall–Kier alpha value is -2.08. The fourth-order valence-corrected chi connectivity index (χ4v) is 1.79. The SMILES string of the molecule is CCNC(c1cnc(C)cn1)c1nccnc1OC. The van der Waals surface area contributed by atoms with Crippen LogP contribution in [0.15, 0.2) is 24.8 Å². The minimum Gasteiger partial charge on any atom is -0.480 e. The molecule has 0 saturated heterocycles. The summed E-state index contributed by atoms with van der Waals surface area (Å²) in [7, 11) is 1.58. The lowest BCUT2D eigenvalue weighted by molar-refractivity contribution is 0.382. The minimum absolute atomic E-state index is 0.179. The lowest BCUT2D eigenvalue weighted by atomic mass is 10.1. The summed E-state index contributed by atoms with van der Waals surface area (Å²) < 4.78 is 5.26. The summed E-state index contributed by atoms with van der Waals surface area (Å²) in [5, 5.41) is 3.32. The first kappa shape index (κ1) is 13.4. The fourth-order valence-electron chi connectivity index (χ4n) is 1.79. The van der Waals surface area contributed by atoms with Crippen LogP contribution >= 0.6 is 0 Å². The smallest absolute Gasteiger partial charge is 0.237 e. The molecule has 0 aliphatic carbocycles. The topological polar surface area (TPSA) is 72.8 Å². The highest BCUT2D eigenvalue weighted by Gasteiger charge is 2.21. The zero-order valence-corrected chi connectivity index (χ0v) is 11.3. The van der Waals surface area contributed by atoms with Gasteiger partial charge < -0.3 is 10.1 Å².